The molecular weight excluding hydrogens is 298 g/mol. The maximum atomic E-state index is 4.85. The Morgan fingerprint density at radius 2 is 1.81 bits per heavy atom. The molecule has 1 aliphatic heterocycles. The molecule has 1 aromatic heterocycles. The number of hydrogen-bond donors (Lipinski definition) is 1. The van der Waals surface area contributed by atoms with Gasteiger partial charge in [-0.15, -0.1) is 11.8 Å². The maximum absolute atomic E-state index is 4.85. The van der Waals surface area contributed by atoms with E-state index in [9.17, 15) is 0 Å². The Morgan fingerprint density at radius 3 is 2.33 bits per heavy atom. The van der Waals surface area contributed by atoms with Crippen molar-refractivity contribution < 1.29 is 0 Å². The van der Waals surface area contributed by atoms with Crippen LogP contribution in [0.5, 0.6) is 0 Å². The number of hydrogen-bond acceptors (Lipinski definition) is 5. The van der Waals surface area contributed by atoms with Gasteiger partial charge >= 0.3 is 0 Å². The van der Waals surface area contributed by atoms with Gasteiger partial charge in [0.15, 0.2) is 0 Å². The molecule has 1 saturated heterocycles. The van der Waals surface area contributed by atoms with E-state index in [4.69, 9.17) is 9.97 Å². The van der Waals surface area contributed by atoms with Crippen LogP contribution in [0, 0.1) is 13.8 Å². The van der Waals surface area contributed by atoms with E-state index in [2.05, 4.69) is 39.9 Å². The molecule has 118 valence electrons. The van der Waals surface area contributed by atoms with Crippen molar-refractivity contribution in [3.8, 4) is 0 Å². The third-order valence-corrected chi connectivity index (χ3v) is 7.57. The van der Waals surface area contributed by atoms with E-state index in [1.165, 1.54) is 5.56 Å². The van der Waals surface area contributed by atoms with E-state index in [1.807, 2.05) is 30.6 Å². The second-order valence-electron chi connectivity index (χ2n) is 5.99. The fraction of sp³-hybridized carbons (Fsp3) is 0.750. The summed E-state index contributed by atoms with van der Waals surface area (Å²) < 4.78 is 0. The van der Waals surface area contributed by atoms with Crippen molar-refractivity contribution >= 4 is 23.5 Å². The number of aryl methyl sites for hydroxylation is 2. The maximum Gasteiger partial charge on any atom is 0.142 e. The van der Waals surface area contributed by atoms with Crippen molar-refractivity contribution in [1.82, 2.24) is 15.3 Å². The van der Waals surface area contributed by atoms with Crippen molar-refractivity contribution in [2.24, 2.45) is 0 Å². The van der Waals surface area contributed by atoms with Gasteiger partial charge in [0.05, 0.1) is 5.25 Å². The molecule has 5 heteroatoms. The molecule has 2 heterocycles. The van der Waals surface area contributed by atoms with Crippen molar-refractivity contribution in [3.63, 3.8) is 0 Å². The molecule has 0 aromatic carbocycles. The summed E-state index contributed by atoms with van der Waals surface area (Å²) in [6.07, 6.45) is 0. The van der Waals surface area contributed by atoms with E-state index < -0.39 is 0 Å². The summed E-state index contributed by atoms with van der Waals surface area (Å²) in [5.74, 6) is 2.61. The van der Waals surface area contributed by atoms with Crippen LogP contribution in [0.1, 0.15) is 54.7 Å². The Bertz CT molecular complexity index is 469. The molecule has 1 aromatic rings. The van der Waals surface area contributed by atoms with Crippen LogP contribution in [0.4, 0.5) is 0 Å². The highest BCUT2D eigenvalue weighted by Crippen LogP contribution is 2.43. The van der Waals surface area contributed by atoms with Crippen LogP contribution in [0.25, 0.3) is 0 Å². The van der Waals surface area contributed by atoms with Gasteiger partial charge in [-0.3, -0.25) is 0 Å². The Kier molecular flexibility index (Phi) is 5.97. The van der Waals surface area contributed by atoms with Crippen LogP contribution in [-0.4, -0.2) is 39.8 Å². The van der Waals surface area contributed by atoms with Crippen LogP contribution in [0.3, 0.4) is 0 Å². The van der Waals surface area contributed by atoms with Crippen molar-refractivity contribution in [3.05, 3.63) is 22.8 Å². The lowest BCUT2D eigenvalue weighted by Gasteiger charge is -2.31. The third kappa shape index (κ3) is 3.93. The van der Waals surface area contributed by atoms with Crippen molar-refractivity contribution in [2.75, 3.05) is 19.3 Å². The minimum atomic E-state index is 0.437. The number of nitrogens with zero attached hydrogens (tertiary/aromatic N) is 2. The highest BCUT2D eigenvalue weighted by atomic mass is 32.2. The number of thioether (sulfide) groups is 2. The Balaban J connectivity index is 2.23. The lowest BCUT2D eigenvalue weighted by atomic mass is 9.98. The topological polar surface area (TPSA) is 37.8 Å². The highest BCUT2D eigenvalue weighted by molar-refractivity contribution is 8.07. The lowest BCUT2D eigenvalue weighted by molar-refractivity contribution is 0.658. The number of rotatable bonds is 4. The minimum absolute atomic E-state index is 0.437. The molecule has 4 unspecified atom stereocenters. The molecule has 3 nitrogen and oxygen atoms in total. The molecular formula is C16H27N3S2. The predicted molar refractivity (Wildman–Crippen MR) is 95.6 cm³/mol. The summed E-state index contributed by atoms with van der Waals surface area (Å²) in [4.78, 5) is 9.69. The molecule has 1 aliphatic rings. The van der Waals surface area contributed by atoms with Crippen LogP contribution < -0.4 is 5.32 Å². The first-order chi connectivity index (χ1) is 9.93. The first kappa shape index (κ1) is 17.1. The molecule has 2 rings (SSSR count). The summed E-state index contributed by atoms with van der Waals surface area (Å²) in [6, 6.07) is 0. The summed E-state index contributed by atoms with van der Waals surface area (Å²) in [5.41, 5.74) is 3.61. The number of aromatic nitrogens is 2. The first-order valence-electron chi connectivity index (χ1n) is 7.70. The van der Waals surface area contributed by atoms with Crippen LogP contribution in [0.15, 0.2) is 0 Å². The van der Waals surface area contributed by atoms with E-state index in [-0.39, 0.29) is 0 Å². The quantitative estimate of drug-likeness (QED) is 0.913. The Labute approximate surface area is 137 Å². The largest absolute Gasteiger partial charge is 0.319 e. The first-order valence-corrected chi connectivity index (χ1v) is 9.69. The molecule has 1 N–H and O–H groups in total. The normalized spacial score (nSPS) is 27.6. The van der Waals surface area contributed by atoms with E-state index in [0.717, 1.165) is 34.8 Å². The van der Waals surface area contributed by atoms with Gasteiger partial charge in [0.2, 0.25) is 0 Å². The SMILES string of the molecule is CNCC(C)c1c(C)nc(C2CSC(C)C(C)S2)nc1C. The van der Waals surface area contributed by atoms with Crippen molar-refractivity contribution in [1.29, 1.82) is 0 Å². The summed E-state index contributed by atoms with van der Waals surface area (Å²) in [5, 5.41) is 5.08. The second-order valence-corrected chi connectivity index (χ2v) is 8.99. The van der Waals surface area contributed by atoms with Gasteiger partial charge in [0, 0.05) is 34.2 Å². The standard InChI is InChI=1S/C16H27N3S2/c1-9(7-17-6)15-10(2)18-16(19-11(15)3)14-8-20-12(4)13(5)21-14/h9,12-14,17H,7-8H2,1-6H3. The van der Waals surface area contributed by atoms with Crippen LogP contribution in [0.2, 0.25) is 0 Å². The predicted octanol–water partition coefficient (Wildman–Crippen LogP) is 3.71. The average molecular weight is 326 g/mol. The van der Waals surface area contributed by atoms with Gasteiger partial charge in [-0.2, -0.15) is 11.8 Å². The lowest BCUT2D eigenvalue weighted by Crippen LogP contribution is -2.24. The van der Waals surface area contributed by atoms with E-state index in [1.54, 1.807) is 0 Å². The molecule has 0 saturated carbocycles. The fourth-order valence-electron chi connectivity index (χ4n) is 2.94. The van der Waals surface area contributed by atoms with Gasteiger partial charge in [0.1, 0.15) is 5.82 Å². The van der Waals surface area contributed by atoms with Gasteiger partial charge in [-0.05, 0) is 32.4 Å². The molecule has 0 aliphatic carbocycles. The molecule has 1 fully saturated rings. The van der Waals surface area contributed by atoms with E-state index in [0.29, 0.717) is 16.4 Å². The van der Waals surface area contributed by atoms with Crippen LogP contribution in [-0.2, 0) is 0 Å². The number of likely N-dealkylation sites (N-methyl/N-ethyl adjacent to an activating group) is 1. The number of nitrogens with one attached hydrogen (secondary N) is 1. The zero-order valence-electron chi connectivity index (χ0n) is 13.9. The Hall–Kier alpha value is -0.260. The molecule has 21 heavy (non-hydrogen) atoms. The molecule has 0 radical (unpaired) electrons. The van der Waals surface area contributed by atoms with Gasteiger partial charge in [0.25, 0.3) is 0 Å². The van der Waals surface area contributed by atoms with E-state index >= 15 is 0 Å². The van der Waals surface area contributed by atoms with Crippen molar-refractivity contribution in [2.45, 2.75) is 56.3 Å². The van der Waals surface area contributed by atoms with Gasteiger partial charge in [-0.25, -0.2) is 9.97 Å². The van der Waals surface area contributed by atoms with Gasteiger partial charge in [-0.1, -0.05) is 20.8 Å². The Morgan fingerprint density at radius 1 is 1.19 bits per heavy atom. The third-order valence-electron chi connectivity index (χ3n) is 4.19. The molecule has 0 amide bonds. The van der Waals surface area contributed by atoms with Crippen LogP contribution >= 0.6 is 23.5 Å². The monoisotopic (exact) mass is 325 g/mol. The van der Waals surface area contributed by atoms with Gasteiger partial charge < -0.3 is 5.32 Å². The molecule has 0 spiro atoms. The zero-order chi connectivity index (χ0) is 15.6. The average Bonchev–Trinajstić information content (AvgIpc) is 2.41. The minimum Gasteiger partial charge on any atom is -0.319 e. The smallest absolute Gasteiger partial charge is 0.142 e. The fourth-order valence-corrected chi connectivity index (χ4v) is 5.78. The molecule has 0 bridgehead atoms. The molecule has 4 atom stereocenters. The highest BCUT2D eigenvalue weighted by Gasteiger charge is 2.29. The second kappa shape index (κ2) is 7.34. The summed E-state index contributed by atoms with van der Waals surface area (Å²) in [6.45, 7) is 12.1. The summed E-state index contributed by atoms with van der Waals surface area (Å²) in [7, 11) is 1.99. The summed E-state index contributed by atoms with van der Waals surface area (Å²) >= 11 is 4.08. The zero-order valence-corrected chi connectivity index (χ0v) is 15.6.